The molecular formula is C19H25NO4. The molecule has 1 saturated carbocycles. The maximum Gasteiger partial charge on any atom is 0.408 e. The number of carbonyl (C=O) groups excluding carboxylic acids is 1. The average Bonchev–Trinajstić information content (AvgIpc) is 3.00. The number of benzene rings is 1. The molecule has 130 valence electrons. The Morgan fingerprint density at radius 2 is 2.08 bits per heavy atom. The fourth-order valence-corrected chi connectivity index (χ4v) is 3.24. The van der Waals surface area contributed by atoms with Crippen LogP contribution in [0.4, 0.5) is 4.79 Å². The predicted molar refractivity (Wildman–Crippen MR) is 91.6 cm³/mol. The second-order valence-corrected chi connectivity index (χ2v) is 6.18. The number of carboxylic acid groups (broad SMARTS) is 1. The van der Waals surface area contributed by atoms with Crippen molar-refractivity contribution in [3.8, 4) is 0 Å². The maximum atomic E-state index is 12.1. The number of carboxylic acids is 1. The van der Waals surface area contributed by atoms with E-state index in [0.717, 1.165) is 38.5 Å². The van der Waals surface area contributed by atoms with Crippen LogP contribution >= 0.6 is 0 Å². The van der Waals surface area contributed by atoms with Crippen molar-refractivity contribution >= 4 is 12.1 Å². The Morgan fingerprint density at radius 1 is 1.33 bits per heavy atom. The fourth-order valence-electron chi connectivity index (χ4n) is 3.24. The third kappa shape index (κ3) is 5.11. The summed E-state index contributed by atoms with van der Waals surface area (Å²) in [4.78, 5) is 23.6. The molecule has 1 aliphatic rings. The molecule has 24 heavy (non-hydrogen) atoms. The smallest absolute Gasteiger partial charge is 0.408 e. The molecule has 0 aliphatic heterocycles. The van der Waals surface area contributed by atoms with E-state index in [1.807, 2.05) is 6.08 Å². The SMILES string of the molecule is C=CCCC[C@@H]1CCC[C@H]1OC(=O)N[C@H](C(=O)O)c1ccccc1. The molecule has 1 aliphatic carbocycles. The van der Waals surface area contributed by atoms with Crippen LogP contribution < -0.4 is 5.32 Å². The molecule has 5 nitrogen and oxygen atoms in total. The molecule has 5 heteroatoms. The van der Waals surface area contributed by atoms with Crippen molar-refractivity contribution in [2.24, 2.45) is 5.92 Å². The van der Waals surface area contributed by atoms with Gasteiger partial charge in [0.2, 0.25) is 0 Å². The van der Waals surface area contributed by atoms with Gasteiger partial charge in [-0.3, -0.25) is 0 Å². The van der Waals surface area contributed by atoms with Gasteiger partial charge in [0, 0.05) is 0 Å². The summed E-state index contributed by atoms with van der Waals surface area (Å²) < 4.78 is 5.52. The van der Waals surface area contributed by atoms with Gasteiger partial charge in [0.1, 0.15) is 6.10 Å². The van der Waals surface area contributed by atoms with Gasteiger partial charge in [0.25, 0.3) is 0 Å². The monoisotopic (exact) mass is 331 g/mol. The van der Waals surface area contributed by atoms with E-state index >= 15 is 0 Å². The minimum atomic E-state index is -1.10. The number of ether oxygens (including phenoxy) is 1. The van der Waals surface area contributed by atoms with Gasteiger partial charge in [-0.15, -0.1) is 6.58 Å². The van der Waals surface area contributed by atoms with Crippen LogP contribution in [-0.2, 0) is 9.53 Å². The van der Waals surface area contributed by atoms with Gasteiger partial charge >= 0.3 is 12.1 Å². The van der Waals surface area contributed by atoms with Crippen LogP contribution in [0.1, 0.15) is 50.1 Å². The largest absolute Gasteiger partial charge is 0.479 e. The zero-order valence-corrected chi connectivity index (χ0v) is 13.8. The quantitative estimate of drug-likeness (QED) is 0.556. The lowest BCUT2D eigenvalue weighted by molar-refractivity contribution is -0.139. The van der Waals surface area contributed by atoms with Gasteiger partial charge in [0.05, 0.1) is 0 Å². The van der Waals surface area contributed by atoms with E-state index < -0.39 is 18.1 Å². The molecule has 1 aromatic rings. The van der Waals surface area contributed by atoms with Crippen molar-refractivity contribution in [2.45, 2.75) is 50.7 Å². The van der Waals surface area contributed by atoms with Gasteiger partial charge in [-0.2, -0.15) is 0 Å². The lowest BCUT2D eigenvalue weighted by atomic mass is 9.98. The Labute approximate surface area is 142 Å². The van der Waals surface area contributed by atoms with E-state index in [9.17, 15) is 14.7 Å². The Bertz CT molecular complexity index is 558. The van der Waals surface area contributed by atoms with E-state index in [1.165, 1.54) is 0 Å². The van der Waals surface area contributed by atoms with Gasteiger partial charge in [0.15, 0.2) is 6.04 Å². The molecule has 0 unspecified atom stereocenters. The topological polar surface area (TPSA) is 75.6 Å². The van der Waals surface area contributed by atoms with Crippen molar-refractivity contribution in [3.63, 3.8) is 0 Å². The van der Waals surface area contributed by atoms with Crippen LogP contribution in [0.15, 0.2) is 43.0 Å². The third-order valence-electron chi connectivity index (χ3n) is 4.47. The molecule has 0 spiro atoms. The first-order valence-electron chi connectivity index (χ1n) is 8.47. The van der Waals surface area contributed by atoms with Crippen LogP contribution in [0.3, 0.4) is 0 Å². The molecule has 3 atom stereocenters. The molecule has 0 bridgehead atoms. The number of alkyl carbamates (subject to hydrolysis) is 1. The van der Waals surface area contributed by atoms with Crippen molar-refractivity contribution in [1.29, 1.82) is 0 Å². The predicted octanol–water partition coefficient (Wildman–Crippen LogP) is 4.06. The summed E-state index contributed by atoms with van der Waals surface area (Å²) in [6.07, 6.45) is 7.05. The Balaban J connectivity index is 1.91. The molecule has 0 aromatic heterocycles. The summed E-state index contributed by atoms with van der Waals surface area (Å²) in [5, 5.41) is 11.8. The zero-order chi connectivity index (χ0) is 17.4. The highest BCUT2D eigenvalue weighted by Gasteiger charge is 2.31. The van der Waals surface area contributed by atoms with E-state index in [1.54, 1.807) is 30.3 Å². The summed E-state index contributed by atoms with van der Waals surface area (Å²) >= 11 is 0. The minimum Gasteiger partial charge on any atom is -0.479 e. The second kappa shape index (κ2) is 9.11. The molecule has 0 saturated heterocycles. The Kier molecular flexibility index (Phi) is 6.85. The second-order valence-electron chi connectivity index (χ2n) is 6.18. The zero-order valence-electron chi connectivity index (χ0n) is 13.8. The summed E-state index contributed by atoms with van der Waals surface area (Å²) in [7, 11) is 0. The number of unbranched alkanes of at least 4 members (excludes halogenated alkanes) is 1. The summed E-state index contributed by atoms with van der Waals surface area (Å²) in [6.45, 7) is 3.72. The standard InChI is InChI=1S/C19H25NO4/c1-2-3-5-9-14-12-8-13-16(14)24-19(23)20-17(18(21)22)15-10-6-4-7-11-15/h2,4,6-7,10-11,14,16-17H,1,3,5,8-9,12-13H2,(H,20,23)(H,21,22)/t14-,16-,17+/m1/s1. The Hall–Kier alpha value is -2.30. The molecule has 1 fully saturated rings. The number of aliphatic carboxylic acids is 1. The van der Waals surface area contributed by atoms with Gasteiger partial charge in [-0.25, -0.2) is 9.59 Å². The van der Waals surface area contributed by atoms with Crippen LogP contribution in [0.25, 0.3) is 0 Å². The van der Waals surface area contributed by atoms with E-state index in [-0.39, 0.29) is 6.10 Å². The van der Waals surface area contributed by atoms with Crippen LogP contribution in [-0.4, -0.2) is 23.3 Å². The van der Waals surface area contributed by atoms with E-state index in [4.69, 9.17) is 4.74 Å². The lowest BCUT2D eigenvalue weighted by Gasteiger charge is -2.22. The van der Waals surface area contributed by atoms with Crippen molar-refractivity contribution in [2.75, 3.05) is 0 Å². The third-order valence-corrected chi connectivity index (χ3v) is 4.47. The molecule has 0 radical (unpaired) electrons. The number of allylic oxidation sites excluding steroid dienone is 1. The van der Waals surface area contributed by atoms with Crippen molar-refractivity contribution in [3.05, 3.63) is 48.6 Å². The number of amides is 1. The van der Waals surface area contributed by atoms with Gasteiger partial charge in [-0.1, -0.05) is 36.4 Å². The van der Waals surface area contributed by atoms with E-state index in [0.29, 0.717) is 11.5 Å². The summed E-state index contributed by atoms with van der Waals surface area (Å²) in [6, 6.07) is 7.53. The number of nitrogens with one attached hydrogen (secondary N) is 1. The van der Waals surface area contributed by atoms with Crippen LogP contribution in [0.5, 0.6) is 0 Å². The fraction of sp³-hybridized carbons (Fsp3) is 0.474. The molecule has 0 heterocycles. The molecule has 2 rings (SSSR count). The highest BCUT2D eigenvalue weighted by atomic mass is 16.6. The first-order chi connectivity index (χ1) is 11.6. The highest BCUT2D eigenvalue weighted by Crippen LogP contribution is 2.32. The lowest BCUT2D eigenvalue weighted by Crippen LogP contribution is -2.37. The highest BCUT2D eigenvalue weighted by molar-refractivity contribution is 5.81. The summed E-state index contributed by atoms with van der Waals surface area (Å²) in [5.41, 5.74) is 0.524. The number of carbonyl (C=O) groups is 2. The first-order valence-corrected chi connectivity index (χ1v) is 8.47. The molecule has 1 aromatic carbocycles. The Morgan fingerprint density at radius 3 is 2.75 bits per heavy atom. The number of rotatable bonds is 8. The summed E-state index contributed by atoms with van der Waals surface area (Å²) in [5.74, 6) is -0.747. The molecule has 1 amide bonds. The van der Waals surface area contributed by atoms with Crippen molar-refractivity contribution in [1.82, 2.24) is 5.32 Å². The maximum absolute atomic E-state index is 12.1. The normalized spacial score (nSPS) is 21.0. The minimum absolute atomic E-state index is 0.125. The molecule has 2 N–H and O–H groups in total. The van der Waals surface area contributed by atoms with E-state index in [2.05, 4.69) is 11.9 Å². The van der Waals surface area contributed by atoms with Gasteiger partial charge < -0.3 is 15.2 Å². The molecular weight excluding hydrogens is 306 g/mol. The average molecular weight is 331 g/mol. The number of hydrogen-bond acceptors (Lipinski definition) is 3. The van der Waals surface area contributed by atoms with Crippen LogP contribution in [0.2, 0.25) is 0 Å². The number of hydrogen-bond donors (Lipinski definition) is 2. The first kappa shape index (κ1) is 18.0. The van der Waals surface area contributed by atoms with Crippen LogP contribution in [0, 0.1) is 5.92 Å². The van der Waals surface area contributed by atoms with Crippen molar-refractivity contribution < 1.29 is 19.4 Å². The van der Waals surface area contributed by atoms with Gasteiger partial charge in [-0.05, 0) is 50.0 Å².